The minimum atomic E-state index is -4.29. The Bertz CT molecular complexity index is 508. The molecule has 0 unspecified atom stereocenters. The number of nitrogens with zero attached hydrogens (tertiary/aromatic N) is 1. The molecule has 0 atom stereocenters. The van der Waals surface area contributed by atoms with Gasteiger partial charge in [0.05, 0.1) is 0 Å². The van der Waals surface area contributed by atoms with E-state index in [4.69, 9.17) is 0 Å². The standard InChI is InChI=1S/C14H10F3NS/c15-14(16,17)19-10-13(11-5-2-1-3-6-11)12-7-4-8-18-9-12/h1-10H/b13-10-. The molecule has 5 heteroatoms. The first-order chi connectivity index (χ1) is 9.06. The van der Waals surface area contributed by atoms with Gasteiger partial charge in [0.25, 0.3) is 0 Å². The average Bonchev–Trinajstić information content (AvgIpc) is 2.40. The van der Waals surface area contributed by atoms with Crippen molar-refractivity contribution in [3.63, 3.8) is 0 Å². The van der Waals surface area contributed by atoms with Crippen molar-refractivity contribution in [2.45, 2.75) is 5.51 Å². The molecule has 0 aliphatic carbocycles. The zero-order chi connectivity index (χ0) is 13.7. The minimum absolute atomic E-state index is 0.158. The number of hydrogen-bond acceptors (Lipinski definition) is 2. The molecule has 19 heavy (non-hydrogen) atoms. The van der Waals surface area contributed by atoms with Crippen molar-refractivity contribution in [3.05, 3.63) is 71.4 Å². The molecule has 0 saturated heterocycles. The van der Waals surface area contributed by atoms with Crippen LogP contribution in [0.4, 0.5) is 13.2 Å². The van der Waals surface area contributed by atoms with E-state index in [1.807, 2.05) is 6.07 Å². The maximum Gasteiger partial charge on any atom is 0.445 e. The monoisotopic (exact) mass is 281 g/mol. The van der Waals surface area contributed by atoms with E-state index in [0.29, 0.717) is 11.1 Å². The van der Waals surface area contributed by atoms with Crippen molar-refractivity contribution < 1.29 is 13.2 Å². The highest BCUT2D eigenvalue weighted by Gasteiger charge is 2.27. The molecular formula is C14H10F3NS. The Balaban J connectivity index is 2.40. The van der Waals surface area contributed by atoms with E-state index in [9.17, 15) is 13.2 Å². The van der Waals surface area contributed by atoms with Crippen molar-refractivity contribution in [1.82, 2.24) is 4.98 Å². The smallest absolute Gasteiger partial charge is 0.264 e. The van der Waals surface area contributed by atoms with Crippen LogP contribution in [0.3, 0.4) is 0 Å². The molecule has 0 N–H and O–H groups in total. The fourth-order valence-electron chi connectivity index (χ4n) is 1.57. The zero-order valence-corrected chi connectivity index (χ0v) is 10.6. The fourth-order valence-corrected chi connectivity index (χ4v) is 2.09. The van der Waals surface area contributed by atoms with E-state index in [1.165, 1.54) is 0 Å². The molecule has 0 bridgehead atoms. The molecule has 0 fully saturated rings. The molecule has 1 heterocycles. The number of hydrogen-bond donors (Lipinski definition) is 0. The van der Waals surface area contributed by atoms with Crippen LogP contribution in [0.1, 0.15) is 11.1 Å². The number of rotatable bonds is 3. The molecule has 2 aromatic rings. The predicted molar refractivity (Wildman–Crippen MR) is 71.4 cm³/mol. The number of thioether (sulfide) groups is 1. The van der Waals surface area contributed by atoms with E-state index in [0.717, 1.165) is 11.0 Å². The van der Waals surface area contributed by atoms with Crippen LogP contribution >= 0.6 is 11.8 Å². The summed E-state index contributed by atoms with van der Waals surface area (Å²) in [4.78, 5) is 3.94. The van der Waals surface area contributed by atoms with Crippen LogP contribution in [0.5, 0.6) is 0 Å². The lowest BCUT2D eigenvalue weighted by Crippen LogP contribution is -1.98. The molecule has 0 aliphatic rings. The first kappa shape index (κ1) is 13.7. The van der Waals surface area contributed by atoms with Gasteiger partial charge in [-0.3, -0.25) is 4.98 Å². The minimum Gasteiger partial charge on any atom is -0.264 e. The van der Waals surface area contributed by atoms with Crippen molar-refractivity contribution in [2.24, 2.45) is 0 Å². The molecule has 0 aliphatic heterocycles. The molecule has 2 rings (SSSR count). The van der Waals surface area contributed by atoms with Crippen LogP contribution in [0.25, 0.3) is 5.57 Å². The van der Waals surface area contributed by atoms with Gasteiger partial charge in [0, 0.05) is 18.0 Å². The maximum absolute atomic E-state index is 12.4. The Morgan fingerprint density at radius 3 is 2.26 bits per heavy atom. The van der Waals surface area contributed by atoms with Gasteiger partial charge in [0.1, 0.15) is 0 Å². The second kappa shape index (κ2) is 5.93. The van der Waals surface area contributed by atoms with Crippen molar-refractivity contribution in [2.75, 3.05) is 0 Å². The number of benzene rings is 1. The zero-order valence-electron chi connectivity index (χ0n) is 9.76. The molecular weight excluding hydrogens is 271 g/mol. The van der Waals surface area contributed by atoms with Gasteiger partial charge in [0.2, 0.25) is 0 Å². The van der Waals surface area contributed by atoms with Crippen LogP contribution in [-0.2, 0) is 0 Å². The molecule has 98 valence electrons. The third-order valence-corrected chi connectivity index (χ3v) is 2.99. The van der Waals surface area contributed by atoms with Gasteiger partial charge in [-0.05, 0) is 34.4 Å². The number of alkyl halides is 3. The summed E-state index contributed by atoms with van der Waals surface area (Å²) in [5, 5.41) is 1.12. The van der Waals surface area contributed by atoms with Gasteiger partial charge in [-0.15, -0.1) is 0 Å². The van der Waals surface area contributed by atoms with Gasteiger partial charge >= 0.3 is 5.51 Å². The van der Waals surface area contributed by atoms with Crippen LogP contribution in [0.2, 0.25) is 0 Å². The maximum atomic E-state index is 12.4. The highest BCUT2D eigenvalue weighted by molar-refractivity contribution is 8.03. The van der Waals surface area contributed by atoms with Crippen LogP contribution < -0.4 is 0 Å². The number of pyridine rings is 1. The lowest BCUT2D eigenvalue weighted by molar-refractivity contribution is -0.0319. The van der Waals surface area contributed by atoms with Crippen molar-refractivity contribution in [1.29, 1.82) is 0 Å². The van der Waals surface area contributed by atoms with Crippen molar-refractivity contribution in [3.8, 4) is 0 Å². The molecule has 0 radical (unpaired) electrons. The number of halogens is 3. The van der Waals surface area contributed by atoms with Gasteiger partial charge < -0.3 is 0 Å². The molecule has 1 aromatic heterocycles. The highest BCUT2D eigenvalue weighted by Crippen LogP contribution is 2.35. The Hall–Kier alpha value is -1.75. The Morgan fingerprint density at radius 2 is 1.68 bits per heavy atom. The summed E-state index contributed by atoms with van der Waals surface area (Å²) >= 11 is -0.158. The summed E-state index contributed by atoms with van der Waals surface area (Å²) in [7, 11) is 0. The second-order valence-electron chi connectivity index (χ2n) is 3.70. The van der Waals surface area contributed by atoms with Gasteiger partial charge in [-0.1, -0.05) is 36.4 Å². The van der Waals surface area contributed by atoms with E-state index >= 15 is 0 Å². The lowest BCUT2D eigenvalue weighted by atomic mass is 10.0. The quantitative estimate of drug-likeness (QED) is 0.807. The summed E-state index contributed by atoms with van der Waals surface area (Å²) in [6.07, 6.45) is 3.14. The summed E-state index contributed by atoms with van der Waals surface area (Å²) in [6.45, 7) is 0. The Morgan fingerprint density at radius 1 is 1.00 bits per heavy atom. The largest absolute Gasteiger partial charge is 0.445 e. The van der Waals surface area contributed by atoms with Gasteiger partial charge in [-0.25, -0.2) is 0 Å². The summed E-state index contributed by atoms with van der Waals surface area (Å²) in [6, 6.07) is 12.4. The van der Waals surface area contributed by atoms with Crippen LogP contribution in [-0.4, -0.2) is 10.5 Å². The number of aromatic nitrogens is 1. The molecule has 1 aromatic carbocycles. The van der Waals surface area contributed by atoms with Crippen LogP contribution in [0, 0.1) is 0 Å². The van der Waals surface area contributed by atoms with Gasteiger partial charge in [0.15, 0.2) is 0 Å². The first-order valence-electron chi connectivity index (χ1n) is 5.47. The SMILES string of the molecule is FC(F)(F)S/C=C(/c1ccccc1)c1cccnc1. The van der Waals surface area contributed by atoms with Crippen LogP contribution in [0.15, 0.2) is 60.3 Å². The third kappa shape index (κ3) is 4.13. The summed E-state index contributed by atoms with van der Waals surface area (Å²) in [5.74, 6) is 0. The molecule has 0 spiro atoms. The normalized spacial score (nSPS) is 12.5. The van der Waals surface area contributed by atoms with E-state index < -0.39 is 5.51 Å². The van der Waals surface area contributed by atoms with Gasteiger partial charge in [-0.2, -0.15) is 13.2 Å². The lowest BCUT2D eigenvalue weighted by Gasteiger charge is -2.09. The average molecular weight is 281 g/mol. The molecule has 1 nitrogen and oxygen atoms in total. The highest BCUT2D eigenvalue weighted by atomic mass is 32.2. The fraction of sp³-hybridized carbons (Fsp3) is 0.0714. The van der Waals surface area contributed by atoms with Crippen molar-refractivity contribution >= 4 is 17.3 Å². The van der Waals surface area contributed by atoms with E-state index in [2.05, 4.69) is 4.98 Å². The Labute approximate surface area is 113 Å². The first-order valence-corrected chi connectivity index (χ1v) is 6.35. The van der Waals surface area contributed by atoms with E-state index in [-0.39, 0.29) is 11.8 Å². The third-order valence-electron chi connectivity index (χ3n) is 2.37. The second-order valence-corrected chi connectivity index (χ2v) is 4.64. The molecule has 0 amide bonds. The molecule has 0 saturated carbocycles. The predicted octanol–water partition coefficient (Wildman–Crippen LogP) is 4.72. The van der Waals surface area contributed by atoms with E-state index in [1.54, 1.807) is 48.8 Å². The Kier molecular flexibility index (Phi) is 4.27. The summed E-state index contributed by atoms with van der Waals surface area (Å²) in [5.41, 5.74) is -2.39. The topological polar surface area (TPSA) is 12.9 Å². The summed E-state index contributed by atoms with van der Waals surface area (Å²) < 4.78 is 37.1.